The van der Waals surface area contributed by atoms with Crippen LogP contribution in [0.1, 0.15) is 50.5 Å². The number of carbonyl (C=O) groups excluding carboxylic acids is 5. The van der Waals surface area contributed by atoms with Crippen molar-refractivity contribution in [2.75, 3.05) is 6.61 Å². The van der Waals surface area contributed by atoms with E-state index in [-0.39, 0.29) is 29.2 Å². The normalized spacial score (nSPS) is 22.7. The van der Waals surface area contributed by atoms with Crippen LogP contribution in [0.15, 0.2) is 47.8 Å². The minimum Gasteiger partial charge on any atom is -0.493 e. The number of ketones is 1. The van der Waals surface area contributed by atoms with Gasteiger partial charge in [0.1, 0.15) is 22.8 Å². The number of aryl methyl sites for hydroxylation is 1. The Kier molecular flexibility index (Phi) is 8.00. The van der Waals surface area contributed by atoms with Crippen molar-refractivity contribution in [1.82, 2.24) is 0 Å². The maximum absolute atomic E-state index is 13.5. The SMILES string of the molecule is C/C=C/C1=CC2=CC(=O)[C@](C)(OC(=O)c3c(C)cc(OC(C)=O)cc3OC(C)=O)[C@H](OC(C)=O)[C@H]2CO1. The van der Waals surface area contributed by atoms with Crippen LogP contribution in [0.2, 0.25) is 0 Å². The van der Waals surface area contributed by atoms with E-state index in [9.17, 15) is 24.0 Å². The van der Waals surface area contributed by atoms with E-state index in [0.29, 0.717) is 11.3 Å². The van der Waals surface area contributed by atoms with Gasteiger partial charge in [-0.2, -0.15) is 0 Å². The number of benzene rings is 1. The maximum atomic E-state index is 13.5. The van der Waals surface area contributed by atoms with E-state index in [4.69, 9.17) is 23.7 Å². The van der Waals surface area contributed by atoms with Crippen LogP contribution in [-0.4, -0.2) is 48.0 Å². The van der Waals surface area contributed by atoms with Crippen molar-refractivity contribution in [3.8, 4) is 11.5 Å². The Hall–Kier alpha value is -4.21. The number of esters is 4. The van der Waals surface area contributed by atoms with E-state index in [0.717, 1.165) is 6.92 Å². The highest BCUT2D eigenvalue weighted by Gasteiger charge is 2.55. The van der Waals surface area contributed by atoms with Crippen molar-refractivity contribution in [2.45, 2.75) is 53.2 Å². The van der Waals surface area contributed by atoms with E-state index in [2.05, 4.69) is 0 Å². The fraction of sp³-hybridized carbons (Fsp3) is 0.370. The van der Waals surface area contributed by atoms with Crippen LogP contribution in [0.4, 0.5) is 0 Å². The van der Waals surface area contributed by atoms with Crippen LogP contribution in [0, 0.1) is 12.8 Å². The number of rotatable bonds is 6. The monoisotopic (exact) mass is 512 g/mol. The first-order chi connectivity index (χ1) is 17.3. The molecule has 1 aliphatic heterocycles. The summed E-state index contributed by atoms with van der Waals surface area (Å²) in [5, 5.41) is 0. The molecule has 0 radical (unpaired) electrons. The first-order valence-corrected chi connectivity index (χ1v) is 11.5. The summed E-state index contributed by atoms with van der Waals surface area (Å²) in [5.41, 5.74) is -1.24. The van der Waals surface area contributed by atoms with Crippen LogP contribution in [-0.2, 0) is 33.4 Å². The molecule has 3 rings (SSSR count). The Morgan fingerprint density at radius 3 is 2.30 bits per heavy atom. The predicted octanol–water partition coefficient (Wildman–Crippen LogP) is 3.31. The summed E-state index contributed by atoms with van der Waals surface area (Å²) >= 11 is 0. The van der Waals surface area contributed by atoms with Gasteiger partial charge in [-0.15, -0.1) is 0 Å². The largest absolute Gasteiger partial charge is 0.493 e. The fourth-order valence-electron chi connectivity index (χ4n) is 4.26. The summed E-state index contributed by atoms with van der Waals surface area (Å²) in [7, 11) is 0. The van der Waals surface area contributed by atoms with Crippen molar-refractivity contribution >= 4 is 29.7 Å². The van der Waals surface area contributed by atoms with Gasteiger partial charge in [0.2, 0.25) is 11.4 Å². The van der Waals surface area contributed by atoms with Crippen molar-refractivity contribution in [2.24, 2.45) is 5.92 Å². The van der Waals surface area contributed by atoms with E-state index < -0.39 is 47.3 Å². The molecule has 0 saturated carbocycles. The van der Waals surface area contributed by atoms with Gasteiger partial charge in [-0.1, -0.05) is 6.08 Å². The Balaban J connectivity index is 2.05. The molecule has 0 bridgehead atoms. The van der Waals surface area contributed by atoms with Gasteiger partial charge in [-0.25, -0.2) is 4.79 Å². The van der Waals surface area contributed by atoms with Crippen molar-refractivity contribution in [3.05, 3.63) is 58.9 Å². The molecule has 1 aromatic rings. The van der Waals surface area contributed by atoms with Crippen LogP contribution < -0.4 is 9.47 Å². The number of fused-ring (bicyclic) bond motifs is 1. The highest BCUT2D eigenvalue weighted by atomic mass is 16.6. The second-order valence-corrected chi connectivity index (χ2v) is 8.80. The zero-order valence-electron chi connectivity index (χ0n) is 21.4. The molecule has 0 saturated heterocycles. The molecule has 3 atom stereocenters. The Morgan fingerprint density at radius 2 is 1.70 bits per heavy atom. The molecule has 2 aliphatic rings. The van der Waals surface area contributed by atoms with Gasteiger partial charge in [0.05, 0.1) is 12.5 Å². The molecule has 1 heterocycles. The van der Waals surface area contributed by atoms with Gasteiger partial charge >= 0.3 is 23.9 Å². The number of hydrogen-bond acceptors (Lipinski definition) is 10. The molecule has 37 heavy (non-hydrogen) atoms. The third-order valence-corrected chi connectivity index (χ3v) is 5.78. The quantitative estimate of drug-likeness (QED) is 0.413. The molecule has 0 aromatic heterocycles. The van der Waals surface area contributed by atoms with Crippen LogP contribution in [0.3, 0.4) is 0 Å². The van der Waals surface area contributed by atoms with Crippen LogP contribution in [0.25, 0.3) is 0 Å². The molecular formula is C27H28O10. The molecule has 1 aliphatic carbocycles. The number of allylic oxidation sites excluding steroid dienone is 3. The van der Waals surface area contributed by atoms with Crippen LogP contribution >= 0.6 is 0 Å². The average Bonchev–Trinajstić information content (AvgIpc) is 2.76. The summed E-state index contributed by atoms with van der Waals surface area (Å²) in [6, 6.07) is 2.58. The van der Waals surface area contributed by atoms with Crippen molar-refractivity contribution < 1.29 is 47.7 Å². The lowest BCUT2D eigenvalue weighted by atomic mass is 9.74. The van der Waals surface area contributed by atoms with Crippen molar-refractivity contribution in [1.29, 1.82) is 0 Å². The average molecular weight is 513 g/mol. The standard InChI is InChI=1S/C27H28O10/c1-7-8-19-10-18-11-23(31)27(6,25(36-17(5)30)21(18)13-33-19)37-26(32)24-14(2)9-20(34-15(3)28)12-22(24)35-16(4)29/h7-12,21,25H,13H2,1-6H3/b8-7+/t21-,25+,27-/m0/s1. The Morgan fingerprint density at radius 1 is 1.03 bits per heavy atom. The summed E-state index contributed by atoms with van der Waals surface area (Å²) in [4.78, 5) is 61.9. The lowest BCUT2D eigenvalue weighted by molar-refractivity contribution is -0.175. The zero-order valence-corrected chi connectivity index (χ0v) is 21.4. The fourth-order valence-corrected chi connectivity index (χ4v) is 4.26. The highest BCUT2D eigenvalue weighted by Crippen LogP contribution is 2.40. The van der Waals surface area contributed by atoms with Gasteiger partial charge in [-0.3, -0.25) is 19.2 Å². The first kappa shape index (κ1) is 27.4. The molecule has 1 aromatic carbocycles. The summed E-state index contributed by atoms with van der Waals surface area (Å²) in [5.74, 6) is -3.85. The third kappa shape index (κ3) is 5.96. The van der Waals surface area contributed by atoms with Gasteiger partial charge in [0.15, 0.2) is 6.10 Å². The van der Waals surface area contributed by atoms with E-state index in [1.54, 1.807) is 18.2 Å². The lowest BCUT2D eigenvalue weighted by Gasteiger charge is -2.43. The molecular weight excluding hydrogens is 484 g/mol. The first-order valence-electron chi connectivity index (χ1n) is 11.5. The third-order valence-electron chi connectivity index (χ3n) is 5.78. The van der Waals surface area contributed by atoms with E-state index >= 15 is 0 Å². The number of hydrogen-bond donors (Lipinski definition) is 0. The molecule has 0 spiro atoms. The molecule has 10 nitrogen and oxygen atoms in total. The molecule has 10 heteroatoms. The lowest BCUT2D eigenvalue weighted by Crippen LogP contribution is -2.58. The molecule has 0 N–H and O–H groups in total. The number of carbonyl (C=O) groups is 5. The topological polar surface area (TPSA) is 132 Å². The smallest absolute Gasteiger partial charge is 0.343 e. The van der Waals surface area contributed by atoms with E-state index in [1.807, 2.05) is 6.92 Å². The minimum atomic E-state index is -1.92. The van der Waals surface area contributed by atoms with E-state index in [1.165, 1.54) is 45.9 Å². The second-order valence-electron chi connectivity index (χ2n) is 8.80. The zero-order chi connectivity index (χ0) is 27.5. The van der Waals surface area contributed by atoms with Gasteiger partial charge in [0, 0.05) is 26.8 Å². The van der Waals surface area contributed by atoms with Crippen molar-refractivity contribution in [3.63, 3.8) is 0 Å². The van der Waals surface area contributed by atoms with Gasteiger partial charge in [0.25, 0.3) is 0 Å². The second kappa shape index (κ2) is 10.8. The maximum Gasteiger partial charge on any atom is 0.343 e. The summed E-state index contributed by atoms with van der Waals surface area (Å²) < 4.78 is 27.2. The number of ether oxygens (including phenoxy) is 5. The van der Waals surface area contributed by atoms with Gasteiger partial charge in [-0.05, 0) is 56.2 Å². The minimum absolute atomic E-state index is 0.0474. The molecule has 0 fully saturated rings. The predicted molar refractivity (Wildman–Crippen MR) is 129 cm³/mol. The highest BCUT2D eigenvalue weighted by molar-refractivity contribution is 6.03. The molecule has 0 unspecified atom stereocenters. The Labute approximate surface area is 213 Å². The van der Waals surface area contributed by atoms with Crippen LogP contribution in [0.5, 0.6) is 11.5 Å². The van der Waals surface area contributed by atoms with Gasteiger partial charge < -0.3 is 23.7 Å². The summed E-state index contributed by atoms with van der Waals surface area (Å²) in [6.45, 7) is 8.29. The Bertz CT molecular complexity index is 1250. The molecule has 196 valence electrons. The molecule has 0 amide bonds. The summed E-state index contributed by atoms with van der Waals surface area (Å²) in [6.07, 6.45) is 5.33.